The fourth-order valence-corrected chi connectivity index (χ4v) is 3.05. The Morgan fingerprint density at radius 3 is 2.46 bits per heavy atom. The number of carbonyl (C=O) groups excluding carboxylic acids is 3. The van der Waals surface area contributed by atoms with Gasteiger partial charge >= 0.3 is 5.97 Å². The molecule has 1 aliphatic heterocycles. The summed E-state index contributed by atoms with van der Waals surface area (Å²) in [6.45, 7) is 4.73. The first kappa shape index (κ1) is 19.8. The van der Waals surface area contributed by atoms with Gasteiger partial charge in [-0.05, 0) is 50.7 Å². The van der Waals surface area contributed by atoms with Crippen molar-refractivity contribution in [3.05, 3.63) is 28.7 Å². The van der Waals surface area contributed by atoms with E-state index < -0.39 is 29.3 Å². The van der Waals surface area contributed by atoms with Gasteiger partial charge in [-0.2, -0.15) is 0 Å². The monoisotopic (exact) mass is 379 g/mol. The summed E-state index contributed by atoms with van der Waals surface area (Å²) in [4.78, 5) is 37.6. The van der Waals surface area contributed by atoms with Gasteiger partial charge in [-0.1, -0.05) is 0 Å². The molecule has 0 saturated carbocycles. The van der Waals surface area contributed by atoms with Gasteiger partial charge in [0.25, 0.3) is 11.1 Å². The van der Waals surface area contributed by atoms with Crippen LogP contribution >= 0.6 is 11.8 Å². The van der Waals surface area contributed by atoms with Crippen molar-refractivity contribution in [3.63, 3.8) is 0 Å². The average molecular weight is 379 g/mol. The maximum absolute atomic E-state index is 12.5. The molecule has 7 nitrogen and oxygen atoms in total. The molecule has 140 valence electrons. The van der Waals surface area contributed by atoms with Gasteiger partial charge in [-0.25, -0.2) is 0 Å². The Morgan fingerprint density at radius 2 is 1.88 bits per heavy atom. The summed E-state index contributed by atoms with van der Waals surface area (Å²) in [6.07, 6.45) is 1.55. The van der Waals surface area contributed by atoms with Crippen LogP contribution in [0.4, 0.5) is 4.79 Å². The Hall–Kier alpha value is -2.48. The van der Waals surface area contributed by atoms with Crippen LogP contribution < -0.4 is 9.47 Å². The number of ether oxygens (including phenoxy) is 3. The Bertz CT molecular complexity index is 765. The molecule has 0 unspecified atom stereocenters. The fourth-order valence-electron chi connectivity index (χ4n) is 2.22. The summed E-state index contributed by atoms with van der Waals surface area (Å²) < 4.78 is 15.6. The highest BCUT2D eigenvalue weighted by atomic mass is 32.2. The topological polar surface area (TPSA) is 82.1 Å². The van der Waals surface area contributed by atoms with Gasteiger partial charge in [0.05, 0.1) is 19.1 Å². The zero-order chi connectivity index (χ0) is 19.5. The van der Waals surface area contributed by atoms with Gasteiger partial charge in [-0.3, -0.25) is 19.3 Å². The number of hydrogen-bond donors (Lipinski definition) is 0. The maximum Gasteiger partial charge on any atom is 0.326 e. The number of benzene rings is 1. The molecule has 1 aliphatic rings. The average Bonchev–Trinajstić information content (AvgIpc) is 2.81. The second-order valence-electron chi connectivity index (χ2n) is 6.46. The molecule has 1 aromatic carbocycles. The molecule has 0 bridgehead atoms. The second kappa shape index (κ2) is 7.82. The summed E-state index contributed by atoms with van der Waals surface area (Å²) in [7, 11) is 3.04. The van der Waals surface area contributed by atoms with Crippen LogP contribution in [0, 0.1) is 0 Å². The quantitative estimate of drug-likeness (QED) is 0.574. The highest BCUT2D eigenvalue weighted by molar-refractivity contribution is 8.18. The Labute approximate surface area is 156 Å². The zero-order valence-electron chi connectivity index (χ0n) is 15.3. The predicted octanol–water partition coefficient (Wildman–Crippen LogP) is 3.08. The molecule has 1 aromatic rings. The van der Waals surface area contributed by atoms with Crippen molar-refractivity contribution < 1.29 is 28.6 Å². The Kier molecular flexibility index (Phi) is 5.97. The number of imide groups is 1. The molecule has 1 saturated heterocycles. The lowest BCUT2D eigenvalue weighted by atomic mass is 10.1. The highest BCUT2D eigenvalue weighted by Gasteiger charge is 2.37. The molecule has 2 amide bonds. The Balaban J connectivity index is 2.20. The first-order valence-electron chi connectivity index (χ1n) is 7.84. The predicted molar refractivity (Wildman–Crippen MR) is 98.1 cm³/mol. The summed E-state index contributed by atoms with van der Waals surface area (Å²) in [5.41, 5.74) is -0.0680. The normalized spacial score (nSPS) is 16.2. The van der Waals surface area contributed by atoms with Crippen molar-refractivity contribution in [1.82, 2.24) is 4.90 Å². The van der Waals surface area contributed by atoms with Crippen LogP contribution in [0.2, 0.25) is 0 Å². The van der Waals surface area contributed by atoms with Crippen LogP contribution in [0.3, 0.4) is 0 Å². The summed E-state index contributed by atoms with van der Waals surface area (Å²) in [6, 6.07) is 5.12. The van der Waals surface area contributed by atoms with Gasteiger partial charge in [0.1, 0.15) is 23.6 Å². The smallest absolute Gasteiger partial charge is 0.326 e. The third kappa shape index (κ3) is 4.78. The minimum atomic E-state index is -0.689. The third-order valence-corrected chi connectivity index (χ3v) is 4.22. The molecule has 0 spiro atoms. The van der Waals surface area contributed by atoms with Gasteiger partial charge in [0, 0.05) is 11.6 Å². The van der Waals surface area contributed by atoms with Crippen molar-refractivity contribution >= 4 is 35.0 Å². The van der Waals surface area contributed by atoms with E-state index in [1.807, 2.05) is 0 Å². The van der Waals surface area contributed by atoms with Crippen LogP contribution in [0.1, 0.15) is 26.3 Å². The van der Waals surface area contributed by atoms with E-state index in [1.54, 1.807) is 45.0 Å². The number of nitrogens with zero attached hydrogens (tertiary/aromatic N) is 1. The number of methoxy groups -OCH3 is 2. The molecule has 0 radical (unpaired) electrons. The molecular formula is C18H21NO6S. The number of amides is 2. The minimum absolute atomic E-state index is 0.210. The van der Waals surface area contributed by atoms with Gasteiger partial charge < -0.3 is 14.2 Å². The second-order valence-corrected chi connectivity index (χ2v) is 7.46. The van der Waals surface area contributed by atoms with Crippen molar-refractivity contribution in [2.75, 3.05) is 20.8 Å². The van der Waals surface area contributed by atoms with E-state index in [-0.39, 0.29) is 4.91 Å². The molecule has 1 fully saturated rings. The van der Waals surface area contributed by atoms with E-state index in [4.69, 9.17) is 14.2 Å². The molecule has 0 aromatic heterocycles. The van der Waals surface area contributed by atoms with Gasteiger partial charge in [-0.15, -0.1) is 0 Å². The highest BCUT2D eigenvalue weighted by Crippen LogP contribution is 2.35. The number of thioether (sulfide) groups is 1. The lowest BCUT2D eigenvalue weighted by molar-refractivity contribution is -0.156. The van der Waals surface area contributed by atoms with E-state index in [2.05, 4.69) is 0 Å². The summed E-state index contributed by atoms with van der Waals surface area (Å²) in [5, 5.41) is -0.514. The SMILES string of the molecule is COc1ccc(/C=C2\SC(=O)N(CC(=O)OC(C)(C)C)C2=O)c(OC)c1. The third-order valence-electron chi connectivity index (χ3n) is 3.31. The van der Waals surface area contributed by atoms with Gasteiger partial charge in [0.15, 0.2) is 0 Å². The number of esters is 1. The summed E-state index contributed by atoms with van der Waals surface area (Å²) in [5.74, 6) is -0.0628. The molecule has 1 heterocycles. The van der Waals surface area contributed by atoms with Crippen LogP contribution in [-0.4, -0.2) is 48.4 Å². The van der Waals surface area contributed by atoms with Crippen LogP contribution in [-0.2, 0) is 14.3 Å². The van der Waals surface area contributed by atoms with Crippen molar-refractivity contribution in [1.29, 1.82) is 0 Å². The summed E-state index contributed by atoms with van der Waals surface area (Å²) >= 11 is 0.770. The molecule has 26 heavy (non-hydrogen) atoms. The van der Waals surface area contributed by atoms with Crippen LogP contribution in [0.15, 0.2) is 23.1 Å². The largest absolute Gasteiger partial charge is 0.497 e. The van der Waals surface area contributed by atoms with E-state index in [1.165, 1.54) is 14.2 Å². The molecule has 0 N–H and O–H groups in total. The van der Waals surface area contributed by atoms with E-state index in [0.717, 1.165) is 16.7 Å². The lowest BCUT2D eigenvalue weighted by Crippen LogP contribution is -2.37. The van der Waals surface area contributed by atoms with Gasteiger partial charge in [0.2, 0.25) is 0 Å². The first-order valence-corrected chi connectivity index (χ1v) is 8.65. The number of hydrogen-bond acceptors (Lipinski definition) is 7. The fraction of sp³-hybridized carbons (Fsp3) is 0.389. The van der Waals surface area contributed by atoms with Crippen LogP contribution in [0.25, 0.3) is 6.08 Å². The van der Waals surface area contributed by atoms with E-state index in [9.17, 15) is 14.4 Å². The maximum atomic E-state index is 12.5. The molecular weight excluding hydrogens is 358 g/mol. The minimum Gasteiger partial charge on any atom is -0.497 e. The lowest BCUT2D eigenvalue weighted by Gasteiger charge is -2.21. The van der Waals surface area contributed by atoms with Crippen LogP contribution in [0.5, 0.6) is 11.5 Å². The number of carbonyl (C=O) groups is 3. The van der Waals surface area contributed by atoms with E-state index >= 15 is 0 Å². The van der Waals surface area contributed by atoms with Crippen molar-refractivity contribution in [2.24, 2.45) is 0 Å². The standard InChI is InChI=1S/C18H21NO6S/c1-18(2,3)25-15(20)10-19-16(21)14(26-17(19)22)8-11-6-7-12(23-4)9-13(11)24-5/h6-9H,10H2,1-5H3/b14-8-. The first-order chi connectivity index (χ1) is 12.1. The van der Waals surface area contributed by atoms with E-state index in [0.29, 0.717) is 17.1 Å². The molecule has 0 atom stereocenters. The zero-order valence-corrected chi connectivity index (χ0v) is 16.1. The molecule has 8 heteroatoms. The molecule has 0 aliphatic carbocycles. The van der Waals surface area contributed by atoms with Crippen molar-refractivity contribution in [3.8, 4) is 11.5 Å². The Morgan fingerprint density at radius 1 is 1.19 bits per heavy atom. The van der Waals surface area contributed by atoms with Crippen molar-refractivity contribution in [2.45, 2.75) is 26.4 Å². The molecule has 2 rings (SSSR count). The number of rotatable bonds is 5.